The average molecular weight is 323 g/mol. The van der Waals surface area contributed by atoms with Gasteiger partial charge in [-0.15, -0.1) is 0 Å². The third kappa shape index (κ3) is 1.98. The number of aliphatic carboxylic acids is 1. The number of hydrogen-bond donors (Lipinski definition) is 2. The molecule has 0 aromatic heterocycles. The fraction of sp³-hybridized carbons (Fsp3) is 0.500. The number of carboxylic acid groups (broad SMARTS) is 1. The zero-order valence-corrected chi connectivity index (χ0v) is 13.4. The molecule has 2 bridgehead atoms. The summed E-state index contributed by atoms with van der Waals surface area (Å²) in [6.07, 6.45) is 8.59. The summed E-state index contributed by atoms with van der Waals surface area (Å²) in [6, 6.07) is 6.11. The minimum Gasteiger partial charge on any atom is -0.481 e. The number of amides is 1. The molecule has 6 atom stereocenters. The largest absolute Gasteiger partial charge is 0.481 e. The lowest BCUT2D eigenvalue weighted by Crippen LogP contribution is -2.48. The van der Waals surface area contributed by atoms with Crippen molar-refractivity contribution < 1.29 is 14.7 Å². The topological polar surface area (TPSA) is 66.4 Å². The molecule has 0 heterocycles. The molecule has 2 saturated carbocycles. The van der Waals surface area contributed by atoms with Crippen LogP contribution in [-0.2, 0) is 22.4 Å². The molecule has 0 saturated heterocycles. The molecular formula is C20H21NO3. The molecule has 0 unspecified atom stereocenters. The number of aryl methyl sites for hydroxylation is 2. The number of allylic oxidation sites excluding steroid dienone is 2. The van der Waals surface area contributed by atoms with Crippen molar-refractivity contribution in [2.45, 2.75) is 25.7 Å². The molecule has 0 radical (unpaired) electrons. The summed E-state index contributed by atoms with van der Waals surface area (Å²) >= 11 is 0. The lowest BCUT2D eigenvalue weighted by atomic mass is 9.62. The highest BCUT2D eigenvalue weighted by molar-refractivity contribution is 5.96. The lowest BCUT2D eigenvalue weighted by molar-refractivity contribution is -0.152. The molecule has 4 heteroatoms. The van der Waals surface area contributed by atoms with E-state index in [4.69, 9.17) is 0 Å². The maximum Gasteiger partial charge on any atom is 0.307 e. The van der Waals surface area contributed by atoms with Crippen molar-refractivity contribution in [1.82, 2.24) is 0 Å². The van der Waals surface area contributed by atoms with E-state index in [-0.39, 0.29) is 17.7 Å². The molecule has 0 aliphatic heterocycles. The van der Waals surface area contributed by atoms with E-state index in [1.54, 1.807) is 0 Å². The van der Waals surface area contributed by atoms with Crippen LogP contribution in [0.15, 0.2) is 30.4 Å². The van der Waals surface area contributed by atoms with Crippen LogP contribution in [0.25, 0.3) is 0 Å². The number of benzene rings is 1. The summed E-state index contributed by atoms with van der Waals surface area (Å²) in [5.41, 5.74) is 3.49. The summed E-state index contributed by atoms with van der Waals surface area (Å²) in [5.74, 6) is -0.813. The predicted octanol–water partition coefficient (Wildman–Crippen LogP) is 2.88. The van der Waals surface area contributed by atoms with Crippen LogP contribution in [-0.4, -0.2) is 17.0 Å². The Balaban J connectivity index is 1.42. The Morgan fingerprint density at radius 3 is 2.46 bits per heavy atom. The highest BCUT2D eigenvalue weighted by Crippen LogP contribution is 2.63. The van der Waals surface area contributed by atoms with Crippen LogP contribution in [0.2, 0.25) is 0 Å². The van der Waals surface area contributed by atoms with Gasteiger partial charge in [-0.2, -0.15) is 0 Å². The highest BCUT2D eigenvalue weighted by atomic mass is 16.4. The van der Waals surface area contributed by atoms with Crippen molar-refractivity contribution in [3.63, 3.8) is 0 Å². The van der Waals surface area contributed by atoms with Crippen molar-refractivity contribution in [1.29, 1.82) is 0 Å². The van der Waals surface area contributed by atoms with Crippen LogP contribution in [0.3, 0.4) is 0 Å². The number of hydrogen-bond acceptors (Lipinski definition) is 2. The van der Waals surface area contributed by atoms with E-state index in [1.807, 2.05) is 6.07 Å². The number of carbonyl (C=O) groups excluding carboxylic acids is 1. The van der Waals surface area contributed by atoms with Crippen LogP contribution in [0.4, 0.5) is 5.69 Å². The SMILES string of the molecule is O=C(O)[C@H]1[C@@H]2C=C[C@@H]([C@H]3C[C@H]23)[C@@H]1C(=O)Nc1ccc2c(c1)CCC2. The van der Waals surface area contributed by atoms with Gasteiger partial charge in [0.2, 0.25) is 5.91 Å². The van der Waals surface area contributed by atoms with E-state index >= 15 is 0 Å². The molecule has 5 aliphatic carbocycles. The zero-order chi connectivity index (χ0) is 16.4. The average Bonchev–Trinajstić information content (AvgIpc) is 3.28. The van der Waals surface area contributed by atoms with Crippen LogP contribution >= 0.6 is 0 Å². The van der Waals surface area contributed by atoms with Crippen LogP contribution < -0.4 is 5.32 Å². The minimum absolute atomic E-state index is 0.0354. The third-order valence-corrected chi connectivity index (χ3v) is 6.61. The van der Waals surface area contributed by atoms with Gasteiger partial charge in [0.05, 0.1) is 11.8 Å². The first-order valence-electron chi connectivity index (χ1n) is 8.97. The summed E-state index contributed by atoms with van der Waals surface area (Å²) in [6.45, 7) is 0. The summed E-state index contributed by atoms with van der Waals surface area (Å²) in [4.78, 5) is 24.7. The lowest BCUT2D eigenvalue weighted by Gasteiger charge is -2.41. The molecule has 0 spiro atoms. The Morgan fingerprint density at radius 2 is 1.71 bits per heavy atom. The Morgan fingerprint density at radius 1 is 1.00 bits per heavy atom. The summed E-state index contributed by atoms with van der Waals surface area (Å²) in [7, 11) is 0. The first-order chi connectivity index (χ1) is 11.6. The molecule has 1 aromatic carbocycles. The van der Waals surface area contributed by atoms with Crippen molar-refractivity contribution >= 4 is 17.6 Å². The molecular weight excluding hydrogens is 302 g/mol. The Bertz CT molecular complexity index is 768. The van der Waals surface area contributed by atoms with Gasteiger partial charge in [-0.25, -0.2) is 0 Å². The number of nitrogens with one attached hydrogen (secondary N) is 1. The van der Waals surface area contributed by atoms with Gasteiger partial charge in [-0.05, 0) is 72.6 Å². The molecule has 5 aliphatic rings. The number of carbonyl (C=O) groups is 2. The maximum absolute atomic E-state index is 12.9. The second kappa shape index (κ2) is 4.95. The molecule has 24 heavy (non-hydrogen) atoms. The van der Waals surface area contributed by atoms with Crippen LogP contribution in [0.5, 0.6) is 0 Å². The van der Waals surface area contributed by atoms with E-state index in [0.717, 1.165) is 24.9 Å². The zero-order valence-electron chi connectivity index (χ0n) is 13.4. The van der Waals surface area contributed by atoms with Gasteiger partial charge in [-0.1, -0.05) is 18.2 Å². The monoisotopic (exact) mass is 323 g/mol. The Hall–Kier alpha value is -2.10. The standard InChI is InChI=1S/C20H21NO3/c22-19(21-12-5-4-10-2-1-3-11(10)8-12)17-13-6-7-14(16-9-15(13)16)18(17)20(23)24/h4-8,13-18H,1-3,9H2,(H,21,22)(H,23,24)/t13-,14+,15+,16+,17-,18-/m0/s1. The van der Waals surface area contributed by atoms with E-state index < -0.39 is 17.8 Å². The van der Waals surface area contributed by atoms with E-state index in [2.05, 4.69) is 29.6 Å². The quantitative estimate of drug-likeness (QED) is 0.841. The number of fused-ring (bicyclic) bond motifs is 2. The molecule has 1 aromatic rings. The Labute approximate surface area is 140 Å². The fourth-order valence-corrected chi connectivity index (χ4v) is 5.45. The van der Waals surface area contributed by atoms with Crippen molar-refractivity contribution in [3.05, 3.63) is 41.5 Å². The number of rotatable bonds is 3. The molecule has 6 rings (SSSR count). The van der Waals surface area contributed by atoms with E-state index in [0.29, 0.717) is 11.8 Å². The van der Waals surface area contributed by atoms with E-state index in [9.17, 15) is 14.7 Å². The van der Waals surface area contributed by atoms with Crippen LogP contribution in [0, 0.1) is 35.5 Å². The van der Waals surface area contributed by atoms with Gasteiger partial charge in [0.15, 0.2) is 0 Å². The summed E-state index contributed by atoms with van der Waals surface area (Å²) in [5, 5.41) is 12.7. The Kier molecular flexibility index (Phi) is 2.94. The molecule has 1 amide bonds. The van der Waals surface area contributed by atoms with Crippen molar-refractivity contribution in [2.24, 2.45) is 35.5 Å². The summed E-state index contributed by atoms with van der Waals surface area (Å²) < 4.78 is 0. The molecule has 2 fully saturated rings. The third-order valence-electron chi connectivity index (χ3n) is 6.61. The van der Waals surface area contributed by atoms with Gasteiger partial charge in [0, 0.05) is 5.69 Å². The van der Waals surface area contributed by atoms with Gasteiger partial charge in [0.1, 0.15) is 0 Å². The highest BCUT2D eigenvalue weighted by Gasteiger charge is 2.62. The number of anilines is 1. The van der Waals surface area contributed by atoms with Gasteiger partial charge < -0.3 is 10.4 Å². The fourth-order valence-electron chi connectivity index (χ4n) is 5.45. The van der Waals surface area contributed by atoms with Gasteiger partial charge >= 0.3 is 5.97 Å². The predicted molar refractivity (Wildman–Crippen MR) is 89.4 cm³/mol. The first-order valence-corrected chi connectivity index (χ1v) is 8.97. The van der Waals surface area contributed by atoms with Gasteiger partial charge in [0.25, 0.3) is 0 Å². The first kappa shape index (κ1) is 14.3. The second-order valence-electron chi connectivity index (χ2n) is 7.82. The number of carboxylic acids is 1. The normalized spacial score (nSPS) is 37.7. The molecule has 2 N–H and O–H groups in total. The minimum atomic E-state index is -0.825. The maximum atomic E-state index is 12.9. The smallest absolute Gasteiger partial charge is 0.307 e. The van der Waals surface area contributed by atoms with Crippen LogP contribution in [0.1, 0.15) is 24.0 Å². The van der Waals surface area contributed by atoms with Crippen molar-refractivity contribution in [3.8, 4) is 0 Å². The van der Waals surface area contributed by atoms with Crippen molar-refractivity contribution in [2.75, 3.05) is 5.32 Å². The van der Waals surface area contributed by atoms with E-state index in [1.165, 1.54) is 17.5 Å². The molecule has 4 nitrogen and oxygen atoms in total. The molecule has 124 valence electrons. The van der Waals surface area contributed by atoms with Gasteiger partial charge in [-0.3, -0.25) is 9.59 Å². The second-order valence-corrected chi connectivity index (χ2v) is 7.82.